The van der Waals surface area contributed by atoms with Gasteiger partial charge < -0.3 is 15.3 Å². The summed E-state index contributed by atoms with van der Waals surface area (Å²) in [6.45, 7) is 7.03. The molecule has 2 amide bonds. The highest BCUT2D eigenvalue weighted by Gasteiger charge is 2.31. The summed E-state index contributed by atoms with van der Waals surface area (Å²) in [6.07, 6.45) is 3.67. The van der Waals surface area contributed by atoms with Crippen LogP contribution in [0, 0.1) is 11.8 Å². The summed E-state index contributed by atoms with van der Waals surface area (Å²) in [4.78, 5) is 24.9. The number of hydrogen-bond acceptors (Lipinski definition) is 2. The Morgan fingerprint density at radius 2 is 1.95 bits per heavy atom. The van der Waals surface area contributed by atoms with Crippen LogP contribution in [0.15, 0.2) is 0 Å². The number of carbonyl (C=O) groups is 2. The zero-order valence-corrected chi connectivity index (χ0v) is 12.2. The van der Waals surface area contributed by atoms with Crippen molar-refractivity contribution in [1.29, 1.82) is 0 Å². The number of nitrogens with one attached hydrogen (secondary N) is 1. The van der Waals surface area contributed by atoms with Crippen LogP contribution in [0.4, 0.5) is 4.79 Å². The first-order valence-corrected chi connectivity index (χ1v) is 7.24. The fourth-order valence-corrected chi connectivity index (χ4v) is 2.84. The molecule has 0 heterocycles. The van der Waals surface area contributed by atoms with Gasteiger partial charge in [0.25, 0.3) is 0 Å². The zero-order valence-electron chi connectivity index (χ0n) is 12.2. The van der Waals surface area contributed by atoms with Gasteiger partial charge in [-0.2, -0.15) is 0 Å². The van der Waals surface area contributed by atoms with E-state index in [0.29, 0.717) is 13.1 Å². The Morgan fingerprint density at radius 3 is 2.47 bits per heavy atom. The van der Waals surface area contributed by atoms with Crippen molar-refractivity contribution in [1.82, 2.24) is 10.2 Å². The molecule has 19 heavy (non-hydrogen) atoms. The lowest BCUT2D eigenvalue weighted by Crippen LogP contribution is -2.46. The molecule has 2 N–H and O–H groups in total. The highest BCUT2D eigenvalue weighted by molar-refractivity contribution is 5.74. The third kappa shape index (κ3) is 4.40. The van der Waals surface area contributed by atoms with Crippen molar-refractivity contribution >= 4 is 12.0 Å². The molecule has 0 saturated heterocycles. The van der Waals surface area contributed by atoms with E-state index in [4.69, 9.17) is 0 Å². The van der Waals surface area contributed by atoms with Crippen molar-refractivity contribution in [2.75, 3.05) is 13.1 Å². The van der Waals surface area contributed by atoms with Crippen LogP contribution >= 0.6 is 0 Å². The second-order valence-electron chi connectivity index (χ2n) is 5.56. The minimum Gasteiger partial charge on any atom is -0.481 e. The molecule has 0 radical (unpaired) electrons. The molecule has 0 aromatic heterocycles. The topological polar surface area (TPSA) is 69.6 Å². The number of amides is 2. The maximum atomic E-state index is 12.0. The van der Waals surface area contributed by atoms with Crippen molar-refractivity contribution in [3.63, 3.8) is 0 Å². The van der Waals surface area contributed by atoms with Gasteiger partial charge in [-0.25, -0.2) is 4.79 Å². The SMILES string of the molecule is CCN(C(=O)NCC1CCCCC1C(=O)O)C(C)C. The Morgan fingerprint density at radius 1 is 1.32 bits per heavy atom. The first-order chi connectivity index (χ1) is 8.97. The summed E-state index contributed by atoms with van der Waals surface area (Å²) in [5.74, 6) is -0.959. The highest BCUT2D eigenvalue weighted by atomic mass is 16.4. The molecule has 1 saturated carbocycles. The van der Waals surface area contributed by atoms with Crippen molar-refractivity contribution in [3.8, 4) is 0 Å². The minimum atomic E-state index is -0.727. The molecule has 0 aromatic carbocycles. The fraction of sp³-hybridized carbons (Fsp3) is 0.857. The van der Waals surface area contributed by atoms with Crippen LogP contribution in [0.25, 0.3) is 0 Å². The Kier molecular flexibility index (Phi) is 6.12. The van der Waals surface area contributed by atoms with E-state index in [1.54, 1.807) is 4.90 Å². The van der Waals surface area contributed by atoms with Gasteiger partial charge in [0.05, 0.1) is 5.92 Å². The van der Waals surface area contributed by atoms with Gasteiger partial charge in [-0.15, -0.1) is 0 Å². The quantitative estimate of drug-likeness (QED) is 0.805. The molecule has 5 nitrogen and oxygen atoms in total. The standard InChI is InChI=1S/C14H26N2O3/c1-4-16(10(2)3)14(19)15-9-11-7-5-6-8-12(11)13(17)18/h10-12H,4-9H2,1-3H3,(H,15,19)(H,17,18). The summed E-state index contributed by atoms with van der Waals surface area (Å²) >= 11 is 0. The van der Waals surface area contributed by atoms with E-state index >= 15 is 0 Å². The Hall–Kier alpha value is -1.26. The number of nitrogens with zero attached hydrogens (tertiary/aromatic N) is 1. The van der Waals surface area contributed by atoms with Gasteiger partial charge >= 0.3 is 12.0 Å². The number of aliphatic carboxylic acids is 1. The first-order valence-electron chi connectivity index (χ1n) is 7.24. The lowest BCUT2D eigenvalue weighted by atomic mass is 9.79. The number of carboxylic acid groups (broad SMARTS) is 1. The molecule has 1 aliphatic carbocycles. The molecule has 1 aliphatic rings. The smallest absolute Gasteiger partial charge is 0.317 e. The highest BCUT2D eigenvalue weighted by Crippen LogP contribution is 2.29. The van der Waals surface area contributed by atoms with Gasteiger partial charge in [0.2, 0.25) is 0 Å². The van der Waals surface area contributed by atoms with Gasteiger partial charge in [0, 0.05) is 19.1 Å². The van der Waals surface area contributed by atoms with E-state index in [-0.39, 0.29) is 23.9 Å². The van der Waals surface area contributed by atoms with Crippen LogP contribution in [0.1, 0.15) is 46.5 Å². The monoisotopic (exact) mass is 270 g/mol. The third-order valence-corrected chi connectivity index (χ3v) is 3.97. The first kappa shape index (κ1) is 15.8. The predicted octanol–water partition coefficient (Wildman–Crippen LogP) is 2.32. The van der Waals surface area contributed by atoms with Crippen LogP contribution in [-0.2, 0) is 4.79 Å². The van der Waals surface area contributed by atoms with Crippen LogP contribution < -0.4 is 5.32 Å². The maximum Gasteiger partial charge on any atom is 0.317 e. The van der Waals surface area contributed by atoms with Gasteiger partial charge in [0.1, 0.15) is 0 Å². The Labute approximate surface area is 115 Å². The lowest BCUT2D eigenvalue weighted by molar-refractivity contribution is -0.144. The molecule has 1 rings (SSSR count). The second-order valence-corrected chi connectivity index (χ2v) is 5.56. The van der Waals surface area contributed by atoms with E-state index in [1.807, 2.05) is 20.8 Å². The van der Waals surface area contributed by atoms with E-state index in [9.17, 15) is 14.7 Å². The molecule has 2 unspecified atom stereocenters. The number of carboxylic acids is 1. The van der Waals surface area contributed by atoms with Crippen LogP contribution in [-0.4, -0.2) is 41.1 Å². The van der Waals surface area contributed by atoms with Crippen molar-refractivity contribution < 1.29 is 14.7 Å². The maximum absolute atomic E-state index is 12.0. The molecule has 2 atom stereocenters. The Balaban J connectivity index is 2.50. The van der Waals surface area contributed by atoms with Crippen molar-refractivity contribution in [2.24, 2.45) is 11.8 Å². The van der Waals surface area contributed by atoms with Crippen molar-refractivity contribution in [2.45, 2.75) is 52.5 Å². The van der Waals surface area contributed by atoms with Gasteiger partial charge in [-0.05, 0) is 39.5 Å². The molecule has 0 aliphatic heterocycles. The predicted molar refractivity (Wildman–Crippen MR) is 74.0 cm³/mol. The fourth-order valence-electron chi connectivity index (χ4n) is 2.84. The largest absolute Gasteiger partial charge is 0.481 e. The average Bonchev–Trinajstić information content (AvgIpc) is 2.37. The van der Waals surface area contributed by atoms with Gasteiger partial charge in [0.15, 0.2) is 0 Å². The van der Waals surface area contributed by atoms with E-state index < -0.39 is 5.97 Å². The molecule has 0 spiro atoms. The van der Waals surface area contributed by atoms with Crippen molar-refractivity contribution in [3.05, 3.63) is 0 Å². The normalized spacial score (nSPS) is 23.2. The second kappa shape index (κ2) is 7.36. The van der Waals surface area contributed by atoms with Gasteiger partial charge in [-0.1, -0.05) is 12.8 Å². The summed E-state index contributed by atoms with van der Waals surface area (Å²) < 4.78 is 0. The van der Waals surface area contributed by atoms with Gasteiger partial charge in [-0.3, -0.25) is 4.79 Å². The molecule has 110 valence electrons. The summed E-state index contributed by atoms with van der Waals surface area (Å²) in [5, 5.41) is 12.1. The molecule has 5 heteroatoms. The third-order valence-electron chi connectivity index (χ3n) is 3.97. The number of carbonyl (C=O) groups excluding carboxylic acids is 1. The number of urea groups is 1. The zero-order chi connectivity index (χ0) is 14.4. The molecular weight excluding hydrogens is 244 g/mol. The molecule has 0 bridgehead atoms. The molecular formula is C14H26N2O3. The molecule has 0 aromatic rings. The average molecular weight is 270 g/mol. The summed E-state index contributed by atoms with van der Waals surface area (Å²) in [7, 11) is 0. The lowest BCUT2D eigenvalue weighted by Gasteiger charge is -2.31. The minimum absolute atomic E-state index is 0.0704. The van der Waals surface area contributed by atoms with Crippen LogP contribution in [0.2, 0.25) is 0 Å². The summed E-state index contributed by atoms with van der Waals surface area (Å²) in [5.41, 5.74) is 0. The van der Waals surface area contributed by atoms with E-state index in [0.717, 1.165) is 25.7 Å². The number of rotatable bonds is 5. The van der Waals surface area contributed by atoms with Crippen LogP contribution in [0.3, 0.4) is 0 Å². The van der Waals surface area contributed by atoms with Crippen LogP contribution in [0.5, 0.6) is 0 Å². The van der Waals surface area contributed by atoms with E-state index in [1.165, 1.54) is 0 Å². The number of hydrogen-bond donors (Lipinski definition) is 2. The summed E-state index contributed by atoms with van der Waals surface area (Å²) in [6, 6.07) is 0.0684. The van der Waals surface area contributed by atoms with E-state index in [2.05, 4.69) is 5.32 Å². The molecule has 1 fully saturated rings. The Bertz CT molecular complexity index is 318.